The molecule has 0 radical (unpaired) electrons. The molecule has 2 unspecified atom stereocenters. The van der Waals surface area contributed by atoms with Crippen molar-refractivity contribution in [2.24, 2.45) is 11.7 Å². The van der Waals surface area contributed by atoms with Crippen molar-refractivity contribution >= 4 is 0 Å². The van der Waals surface area contributed by atoms with E-state index in [4.69, 9.17) is 5.73 Å². The number of nitrogens with zero attached hydrogens (tertiary/aromatic N) is 1. The van der Waals surface area contributed by atoms with Gasteiger partial charge in [0.25, 0.3) is 0 Å². The van der Waals surface area contributed by atoms with Crippen LogP contribution in [0.3, 0.4) is 0 Å². The highest BCUT2D eigenvalue weighted by atomic mass is 15.2. The number of piperidine rings is 1. The molecule has 1 saturated carbocycles. The highest BCUT2D eigenvalue weighted by Gasteiger charge is 2.31. The van der Waals surface area contributed by atoms with Gasteiger partial charge >= 0.3 is 0 Å². The van der Waals surface area contributed by atoms with Crippen molar-refractivity contribution in [1.82, 2.24) is 4.90 Å². The van der Waals surface area contributed by atoms with Crippen molar-refractivity contribution in [1.29, 1.82) is 0 Å². The molecule has 2 aliphatic rings. The maximum absolute atomic E-state index is 6.16. The lowest BCUT2D eigenvalue weighted by Crippen LogP contribution is -2.52. The molecule has 1 aliphatic heterocycles. The quantitative estimate of drug-likeness (QED) is 0.772. The van der Waals surface area contributed by atoms with E-state index in [1.54, 1.807) is 0 Å². The number of unbranched alkanes of at least 4 members (excludes halogenated alkanes) is 1. The second-order valence-electron chi connectivity index (χ2n) is 5.54. The van der Waals surface area contributed by atoms with Crippen molar-refractivity contribution < 1.29 is 0 Å². The summed E-state index contributed by atoms with van der Waals surface area (Å²) in [7, 11) is 0. The fourth-order valence-electron chi connectivity index (χ4n) is 3.04. The summed E-state index contributed by atoms with van der Waals surface area (Å²) in [4.78, 5) is 2.68. The largest absolute Gasteiger partial charge is 0.327 e. The smallest absolute Gasteiger partial charge is 0.0171 e. The SMILES string of the molecule is CCCCC1CC(N)CN(C2CCC2)C1. The Morgan fingerprint density at radius 3 is 2.67 bits per heavy atom. The van der Waals surface area contributed by atoms with Crippen LogP contribution in [-0.4, -0.2) is 30.1 Å². The average Bonchev–Trinajstić information content (AvgIpc) is 2.11. The van der Waals surface area contributed by atoms with Gasteiger partial charge < -0.3 is 5.73 Å². The summed E-state index contributed by atoms with van der Waals surface area (Å²) < 4.78 is 0. The van der Waals surface area contributed by atoms with E-state index in [-0.39, 0.29) is 0 Å². The Bertz CT molecular complexity index is 189. The molecule has 1 aliphatic carbocycles. The zero-order valence-corrected chi connectivity index (χ0v) is 10.1. The molecule has 2 nitrogen and oxygen atoms in total. The van der Waals surface area contributed by atoms with Gasteiger partial charge in [0.05, 0.1) is 0 Å². The topological polar surface area (TPSA) is 29.3 Å². The molecule has 1 heterocycles. The lowest BCUT2D eigenvalue weighted by Gasteiger charge is -2.44. The van der Waals surface area contributed by atoms with E-state index < -0.39 is 0 Å². The highest BCUT2D eigenvalue weighted by molar-refractivity contribution is 4.88. The van der Waals surface area contributed by atoms with Crippen LogP contribution >= 0.6 is 0 Å². The van der Waals surface area contributed by atoms with Crippen LogP contribution in [0.2, 0.25) is 0 Å². The van der Waals surface area contributed by atoms with Crippen molar-refractivity contribution in [3.05, 3.63) is 0 Å². The zero-order chi connectivity index (χ0) is 10.7. The van der Waals surface area contributed by atoms with E-state index in [0.717, 1.165) is 18.5 Å². The van der Waals surface area contributed by atoms with Gasteiger partial charge in [-0.25, -0.2) is 0 Å². The summed E-state index contributed by atoms with van der Waals surface area (Å²) >= 11 is 0. The second kappa shape index (κ2) is 5.31. The van der Waals surface area contributed by atoms with Crippen LogP contribution in [0.1, 0.15) is 51.9 Å². The van der Waals surface area contributed by atoms with Crippen molar-refractivity contribution in [3.8, 4) is 0 Å². The molecule has 2 heteroatoms. The molecule has 2 N–H and O–H groups in total. The van der Waals surface area contributed by atoms with Gasteiger partial charge in [0.1, 0.15) is 0 Å². The monoisotopic (exact) mass is 210 g/mol. The van der Waals surface area contributed by atoms with Gasteiger partial charge in [0, 0.05) is 25.2 Å². The molecule has 0 aromatic carbocycles. The van der Waals surface area contributed by atoms with Crippen LogP contribution in [0, 0.1) is 5.92 Å². The number of hydrogen-bond acceptors (Lipinski definition) is 2. The minimum absolute atomic E-state index is 0.446. The number of rotatable bonds is 4. The van der Waals surface area contributed by atoms with E-state index in [9.17, 15) is 0 Å². The minimum Gasteiger partial charge on any atom is -0.327 e. The van der Waals surface area contributed by atoms with Crippen LogP contribution in [-0.2, 0) is 0 Å². The molecule has 0 amide bonds. The predicted octanol–water partition coefficient (Wildman–Crippen LogP) is 2.38. The molecule has 0 bridgehead atoms. The van der Waals surface area contributed by atoms with E-state index >= 15 is 0 Å². The van der Waals surface area contributed by atoms with Crippen molar-refractivity contribution in [2.45, 2.75) is 64.0 Å². The Morgan fingerprint density at radius 1 is 1.27 bits per heavy atom. The maximum Gasteiger partial charge on any atom is 0.0171 e. The highest BCUT2D eigenvalue weighted by Crippen LogP contribution is 2.30. The standard InChI is InChI=1S/C13H26N2/c1-2-3-5-11-8-12(14)10-15(9-11)13-6-4-7-13/h11-13H,2-10,14H2,1H3. The molecule has 1 saturated heterocycles. The molecule has 0 aromatic heterocycles. The number of hydrogen-bond donors (Lipinski definition) is 1. The van der Waals surface area contributed by atoms with Gasteiger partial charge in [0.15, 0.2) is 0 Å². The number of likely N-dealkylation sites (tertiary alicyclic amines) is 1. The van der Waals surface area contributed by atoms with Gasteiger partial charge in [-0.3, -0.25) is 4.90 Å². The Hall–Kier alpha value is -0.0800. The Kier molecular flexibility index (Phi) is 4.04. The van der Waals surface area contributed by atoms with Crippen LogP contribution in [0.4, 0.5) is 0 Å². The molecule has 2 rings (SSSR count). The van der Waals surface area contributed by atoms with Crippen molar-refractivity contribution in [3.63, 3.8) is 0 Å². The number of nitrogens with two attached hydrogens (primary N) is 1. The summed E-state index contributed by atoms with van der Waals surface area (Å²) in [6.07, 6.45) is 9.66. The van der Waals surface area contributed by atoms with Gasteiger partial charge in [-0.1, -0.05) is 26.2 Å². The van der Waals surface area contributed by atoms with E-state index in [2.05, 4.69) is 11.8 Å². The minimum atomic E-state index is 0.446. The van der Waals surface area contributed by atoms with Gasteiger partial charge in [-0.05, 0) is 31.6 Å². The van der Waals surface area contributed by atoms with Crippen molar-refractivity contribution in [2.75, 3.05) is 13.1 Å². The molecule has 0 spiro atoms. The summed E-state index contributed by atoms with van der Waals surface area (Å²) in [5, 5.41) is 0. The van der Waals surface area contributed by atoms with Gasteiger partial charge in [-0.15, -0.1) is 0 Å². The van der Waals surface area contributed by atoms with Gasteiger partial charge in [0.2, 0.25) is 0 Å². The Labute approximate surface area is 94.2 Å². The average molecular weight is 210 g/mol. The second-order valence-corrected chi connectivity index (χ2v) is 5.54. The molecular weight excluding hydrogens is 184 g/mol. The molecule has 0 aromatic rings. The Balaban J connectivity index is 1.80. The van der Waals surface area contributed by atoms with Gasteiger partial charge in [-0.2, -0.15) is 0 Å². The van der Waals surface area contributed by atoms with Crippen LogP contribution in [0.15, 0.2) is 0 Å². The maximum atomic E-state index is 6.16. The third kappa shape index (κ3) is 2.94. The molecule has 88 valence electrons. The fraction of sp³-hybridized carbons (Fsp3) is 1.00. The van der Waals surface area contributed by atoms with E-state index in [1.165, 1.54) is 51.5 Å². The molecule has 2 atom stereocenters. The normalized spacial score (nSPS) is 34.0. The lowest BCUT2D eigenvalue weighted by molar-refractivity contribution is 0.0638. The third-order valence-electron chi connectivity index (χ3n) is 4.15. The third-order valence-corrected chi connectivity index (χ3v) is 4.15. The first-order valence-electron chi connectivity index (χ1n) is 6.79. The Morgan fingerprint density at radius 2 is 2.07 bits per heavy atom. The molecule has 15 heavy (non-hydrogen) atoms. The fourth-order valence-corrected chi connectivity index (χ4v) is 3.04. The first kappa shape index (κ1) is 11.4. The first-order valence-corrected chi connectivity index (χ1v) is 6.79. The summed E-state index contributed by atoms with van der Waals surface area (Å²) in [6, 6.07) is 1.33. The lowest BCUT2D eigenvalue weighted by atomic mass is 9.85. The zero-order valence-electron chi connectivity index (χ0n) is 10.1. The summed E-state index contributed by atoms with van der Waals surface area (Å²) in [5.74, 6) is 0.884. The van der Waals surface area contributed by atoms with E-state index in [1.807, 2.05) is 0 Å². The summed E-state index contributed by atoms with van der Waals surface area (Å²) in [5.41, 5.74) is 6.16. The van der Waals surface area contributed by atoms with Crippen LogP contribution < -0.4 is 5.73 Å². The molecule has 2 fully saturated rings. The molecular formula is C13H26N2. The van der Waals surface area contributed by atoms with Crippen LogP contribution in [0.5, 0.6) is 0 Å². The van der Waals surface area contributed by atoms with Crippen LogP contribution in [0.25, 0.3) is 0 Å². The predicted molar refractivity (Wildman–Crippen MR) is 64.8 cm³/mol. The van der Waals surface area contributed by atoms with E-state index in [0.29, 0.717) is 6.04 Å². The first-order chi connectivity index (χ1) is 7.29. The summed E-state index contributed by atoms with van der Waals surface area (Å²) in [6.45, 7) is 4.78.